The van der Waals surface area contributed by atoms with Crippen molar-refractivity contribution < 1.29 is 14.3 Å². The summed E-state index contributed by atoms with van der Waals surface area (Å²) in [6.45, 7) is 0. The molecule has 1 aliphatic heterocycles. The number of ether oxygens (including phenoxy) is 1. The maximum atomic E-state index is 14.3. The molecule has 1 amide bonds. The number of methoxy groups -OCH3 is 1. The third kappa shape index (κ3) is 4.70. The molecule has 0 bridgehead atoms. The Kier molecular flexibility index (Phi) is 6.67. The summed E-state index contributed by atoms with van der Waals surface area (Å²) in [5, 5.41) is 4.24. The molecule has 1 heterocycles. The molecule has 1 aliphatic carbocycles. The molecule has 39 heavy (non-hydrogen) atoms. The van der Waals surface area contributed by atoms with E-state index in [2.05, 4.69) is 5.32 Å². The number of benzene rings is 4. The van der Waals surface area contributed by atoms with Crippen molar-refractivity contribution in [3.05, 3.63) is 136 Å². The number of nitrogens with one attached hydrogen (secondary N) is 1. The number of hydrogen-bond donors (Lipinski definition) is 1. The summed E-state index contributed by atoms with van der Waals surface area (Å²) in [6, 6.07) is 31.6. The Bertz CT molecular complexity index is 1580. The number of halogens is 1. The molecule has 0 aromatic heterocycles. The fourth-order valence-corrected chi connectivity index (χ4v) is 5.76. The monoisotopic (exact) mass is 534 g/mol. The number of para-hydroxylation sites is 2. The zero-order valence-electron chi connectivity index (χ0n) is 21.4. The van der Waals surface area contributed by atoms with Crippen LogP contribution in [0, 0.1) is 0 Å². The Balaban J connectivity index is 1.56. The molecule has 4 aromatic rings. The third-order valence-electron chi connectivity index (χ3n) is 7.48. The molecule has 0 saturated carbocycles. The lowest BCUT2D eigenvalue weighted by Gasteiger charge is -2.35. The number of fused-ring (bicyclic) bond motifs is 1. The van der Waals surface area contributed by atoms with Gasteiger partial charge in [0.25, 0.3) is 5.91 Å². The Labute approximate surface area is 232 Å². The van der Waals surface area contributed by atoms with E-state index in [1.54, 1.807) is 24.1 Å². The lowest BCUT2D eigenvalue weighted by Crippen LogP contribution is -2.38. The number of carbonyl (C=O) groups excluding carboxylic acids is 2. The van der Waals surface area contributed by atoms with E-state index in [0.717, 1.165) is 22.5 Å². The van der Waals surface area contributed by atoms with Crippen LogP contribution in [0.5, 0.6) is 5.75 Å². The van der Waals surface area contributed by atoms with Gasteiger partial charge in [0.2, 0.25) is 0 Å². The molecule has 0 fully saturated rings. The number of carbonyl (C=O) groups is 2. The summed E-state index contributed by atoms with van der Waals surface area (Å²) >= 11 is 6.14. The summed E-state index contributed by atoms with van der Waals surface area (Å²) in [6.07, 6.45) is 0.969. The van der Waals surface area contributed by atoms with E-state index in [1.807, 2.05) is 91.0 Å². The predicted octanol–water partition coefficient (Wildman–Crippen LogP) is 7.56. The van der Waals surface area contributed by atoms with Crippen LogP contribution in [0.2, 0.25) is 5.02 Å². The van der Waals surface area contributed by atoms with Crippen LogP contribution in [0.15, 0.2) is 114 Å². The standard InChI is InChI=1S/C33H27ClN2O3/c1-39-26-11-7-10-23(18-26)32-31-28(19-24(20-30(31)37)21-14-16-25(34)17-15-21)35-27-12-5-6-13-29(27)36(32)33(38)22-8-3-2-4-9-22/h2-18,24,32,35H,19-20H2,1H3/t24-,32-/m0/s1. The van der Waals surface area contributed by atoms with Gasteiger partial charge in [-0.15, -0.1) is 0 Å². The minimum absolute atomic E-state index is 0.00415. The van der Waals surface area contributed by atoms with Crippen molar-refractivity contribution in [2.75, 3.05) is 17.3 Å². The molecule has 5 nitrogen and oxygen atoms in total. The van der Waals surface area contributed by atoms with Gasteiger partial charge in [0.15, 0.2) is 5.78 Å². The first-order chi connectivity index (χ1) is 19.0. The summed E-state index contributed by atoms with van der Waals surface area (Å²) in [5.74, 6) is 0.485. The van der Waals surface area contributed by atoms with Crippen molar-refractivity contribution in [2.24, 2.45) is 0 Å². The van der Waals surface area contributed by atoms with Crippen molar-refractivity contribution in [2.45, 2.75) is 24.8 Å². The van der Waals surface area contributed by atoms with Crippen LogP contribution in [-0.2, 0) is 4.79 Å². The van der Waals surface area contributed by atoms with Crippen LogP contribution in [0.4, 0.5) is 11.4 Å². The zero-order chi connectivity index (χ0) is 26.9. The smallest absolute Gasteiger partial charge is 0.259 e. The minimum Gasteiger partial charge on any atom is -0.497 e. The average molecular weight is 535 g/mol. The van der Waals surface area contributed by atoms with E-state index in [0.29, 0.717) is 40.4 Å². The van der Waals surface area contributed by atoms with Crippen LogP contribution in [0.1, 0.15) is 46.3 Å². The van der Waals surface area contributed by atoms with Gasteiger partial charge in [-0.2, -0.15) is 0 Å². The van der Waals surface area contributed by atoms with Crippen LogP contribution in [0.3, 0.4) is 0 Å². The highest BCUT2D eigenvalue weighted by Crippen LogP contribution is 2.48. The quantitative estimate of drug-likeness (QED) is 0.293. The highest BCUT2D eigenvalue weighted by Gasteiger charge is 2.42. The fraction of sp³-hybridized carbons (Fsp3) is 0.152. The van der Waals surface area contributed by atoms with Gasteiger partial charge < -0.3 is 10.1 Å². The highest BCUT2D eigenvalue weighted by molar-refractivity contribution is 6.30. The SMILES string of the molecule is COc1cccc([C@H]2C3=C(C[C@H](c4ccc(Cl)cc4)CC3=O)Nc3ccccc3N2C(=O)c2ccccc2)c1. The molecule has 2 aliphatic rings. The van der Waals surface area contributed by atoms with E-state index in [4.69, 9.17) is 16.3 Å². The van der Waals surface area contributed by atoms with E-state index in [-0.39, 0.29) is 17.6 Å². The molecular weight excluding hydrogens is 508 g/mol. The molecule has 6 rings (SSSR count). The Morgan fingerprint density at radius 3 is 2.38 bits per heavy atom. The number of ketones is 1. The van der Waals surface area contributed by atoms with Gasteiger partial charge in [-0.3, -0.25) is 14.5 Å². The van der Waals surface area contributed by atoms with Gasteiger partial charge in [-0.05, 0) is 72.0 Å². The molecule has 0 saturated heterocycles. The Morgan fingerprint density at radius 1 is 0.872 bits per heavy atom. The second-order valence-corrected chi connectivity index (χ2v) is 10.3. The van der Waals surface area contributed by atoms with E-state index < -0.39 is 6.04 Å². The van der Waals surface area contributed by atoms with Crippen LogP contribution < -0.4 is 15.0 Å². The Morgan fingerprint density at radius 2 is 1.62 bits per heavy atom. The number of Topliss-reactive ketones (excluding diaryl/α,β-unsaturated/α-hetero) is 1. The number of hydrogen-bond acceptors (Lipinski definition) is 4. The molecular formula is C33H27ClN2O3. The highest BCUT2D eigenvalue weighted by atomic mass is 35.5. The van der Waals surface area contributed by atoms with Crippen LogP contribution >= 0.6 is 11.6 Å². The molecule has 4 aromatic carbocycles. The van der Waals surface area contributed by atoms with Gasteiger partial charge in [-0.25, -0.2) is 0 Å². The molecule has 1 N–H and O–H groups in total. The van der Waals surface area contributed by atoms with Crippen molar-refractivity contribution in [1.82, 2.24) is 0 Å². The summed E-state index contributed by atoms with van der Waals surface area (Å²) in [4.78, 5) is 30.2. The summed E-state index contributed by atoms with van der Waals surface area (Å²) in [5.41, 5.74) is 5.35. The maximum Gasteiger partial charge on any atom is 0.259 e. The second kappa shape index (κ2) is 10.4. The van der Waals surface area contributed by atoms with Gasteiger partial charge in [0, 0.05) is 28.3 Å². The molecule has 0 unspecified atom stereocenters. The van der Waals surface area contributed by atoms with Crippen molar-refractivity contribution in [1.29, 1.82) is 0 Å². The minimum atomic E-state index is -0.641. The predicted molar refractivity (Wildman–Crippen MR) is 155 cm³/mol. The lowest BCUT2D eigenvalue weighted by molar-refractivity contribution is -0.116. The molecule has 0 spiro atoms. The number of allylic oxidation sites excluding steroid dienone is 1. The van der Waals surface area contributed by atoms with E-state index in [1.165, 1.54) is 0 Å². The first-order valence-corrected chi connectivity index (χ1v) is 13.3. The van der Waals surface area contributed by atoms with Gasteiger partial charge in [0.05, 0.1) is 24.5 Å². The third-order valence-corrected chi connectivity index (χ3v) is 7.73. The maximum absolute atomic E-state index is 14.3. The molecule has 6 heteroatoms. The van der Waals surface area contributed by atoms with Gasteiger partial charge >= 0.3 is 0 Å². The van der Waals surface area contributed by atoms with Gasteiger partial charge in [-0.1, -0.05) is 66.2 Å². The molecule has 2 atom stereocenters. The van der Waals surface area contributed by atoms with E-state index >= 15 is 0 Å². The van der Waals surface area contributed by atoms with Gasteiger partial charge in [0.1, 0.15) is 5.75 Å². The molecule has 194 valence electrons. The topological polar surface area (TPSA) is 58.6 Å². The zero-order valence-corrected chi connectivity index (χ0v) is 22.2. The van der Waals surface area contributed by atoms with Crippen molar-refractivity contribution >= 4 is 34.7 Å². The fourth-order valence-electron chi connectivity index (χ4n) is 5.63. The summed E-state index contributed by atoms with van der Waals surface area (Å²) < 4.78 is 5.54. The normalized spacial score (nSPS) is 18.5. The first kappa shape index (κ1) is 25.0. The van der Waals surface area contributed by atoms with Crippen LogP contribution in [-0.4, -0.2) is 18.8 Å². The number of amides is 1. The largest absolute Gasteiger partial charge is 0.497 e. The second-order valence-electron chi connectivity index (χ2n) is 9.83. The molecule has 0 radical (unpaired) electrons. The first-order valence-electron chi connectivity index (χ1n) is 12.9. The van der Waals surface area contributed by atoms with Crippen molar-refractivity contribution in [3.8, 4) is 5.75 Å². The van der Waals surface area contributed by atoms with Crippen LogP contribution in [0.25, 0.3) is 0 Å². The van der Waals surface area contributed by atoms with Crippen molar-refractivity contribution in [3.63, 3.8) is 0 Å². The average Bonchev–Trinajstić information content (AvgIpc) is 3.12. The number of nitrogens with zero attached hydrogens (tertiary/aromatic N) is 1. The Hall–Kier alpha value is -4.35. The number of anilines is 2. The van der Waals surface area contributed by atoms with E-state index in [9.17, 15) is 9.59 Å². The lowest BCUT2D eigenvalue weighted by atomic mass is 9.78. The number of rotatable bonds is 4. The summed E-state index contributed by atoms with van der Waals surface area (Å²) in [7, 11) is 1.61.